The first-order chi connectivity index (χ1) is 10.2. The molecule has 108 valence electrons. The van der Waals surface area contributed by atoms with E-state index in [2.05, 4.69) is 6.07 Å². The number of hydrogen-bond acceptors (Lipinski definition) is 4. The van der Waals surface area contributed by atoms with Gasteiger partial charge in [-0.1, -0.05) is 18.2 Å². The molecule has 0 bridgehead atoms. The highest BCUT2D eigenvalue weighted by molar-refractivity contribution is 5.36. The molecule has 2 rings (SSSR count). The third-order valence-electron chi connectivity index (χ3n) is 2.92. The number of hydrogen-bond donors (Lipinski definition) is 1. The van der Waals surface area contributed by atoms with Crippen LogP contribution in [0.1, 0.15) is 24.2 Å². The van der Waals surface area contributed by atoms with Crippen molar-refractivity contribution in [2.45, 2.75) is 13.0 Å². The van der Waals surface area contributed by atoms with Gasteiger partial charge in [-0.25, -0.2) is 0 Å². The molecule has 0 aromatic heterocycles. The van der Waals surface area contributed by atoms with Crippen LogP contribution in [0.15, 0.2) is 48.5 Å². The first-order valence-electron chi connectivity index (χ1n) is 6.73. The van der Waals surface area contributed by atoms with E-state index in [1.165, 1.54) is 0 Å². The quantitative estimate of drug-likeness (QED) is 0.828. The highest BCUT2D eigenvalue weighted by Crippen LogP contribution is 2.19. The molecule has 21 heavy (non-hydrogen) atoms. The first kappa shape index (κ1) is 14.9. The molecule has 0 saturated carbocycles. The van der Waals surface area contributed by atoms with Gasteiger partial charge in [-0.15, -0.1) is 0 Å². The topological polar surface area (TPSA) is 62.5 Å². The summed E-state index contributed by atoms with van der Waals surface area (Å²) in [5, 5.41) is 18.3. The van der Waals surface area contributed by atoms with Crippen molar-refractivity contribution in [2.75, 3.05) is 13.2 Å². The van der Waals surface area contributed by atoms with E-state index in [1.54, 1.807) is 37.3 Å². The highest BCUT2D eigenvalue weighted by Gasteiger charge is 2.02. The van der Waals surface area contributed by atoms with E-state index in [0.29, 0.717) is 30.3 Å². The van der Waals surface area contributed by atoms with E-state index >= 15 is 0 Å². The van der Waals surface area contributed by atoms with E-state index < -0.39 is 6.10 Å². The van der Waals surface area contributed by atoms with Crippen LogP contribution in [0.25, 0.3) is 0 Å². The Morgan fingerprint density at radius 3 is 2.29 bits per heavy atom. The van der Waals surface area contributed by atoms with Crippen LogP contribution >= 0.6 is 0 Å². The molecule has 1 atom stereocenters. The van der Waals surface area contributed by atoms with Crippen molar-refractivity contribution in [3.05, 3.63) is 59.7 Å². The van der Waals surface area contributed by atoms with Gasteiger partial charge in [-0.3, -0.25) is 0 Å². The summed E-state index contributed by atoms with van der Waals surface area (Å²) in [5.41, 5.74) is 1.38. The van der Waals surface area contributed by atoms with E-state index in [-0.39, 0.29) is 0 Å². The third kappa shape index (κ3) is 4.51. The molecule has 0 amide bonds. The average Bonchev–Trinajstić information content (AvgIpc) is 2.52. The summed E-state index contributed by atoms with van der Waals surface area (Å²) in [5.74, 6) is 1.35. The normalized spacial score (nSPS) is 11.5. The van der Waals surface area contributed by atoms with Gasteiger partial charge in [0.25, 0.3) is 0 Å². The molecule has 4 heteroatoms. The van der Waals surface area contributed by atoms with E-state index in [4.69, 9.17) is 14.7 Å². The fourth-order valence-corrected chi connectivity index (χ4v) is 1.84. The average molecular weight is 283 g/mol. The fourth-order valence-electron chi connectivity index (χ4n) is 1.84. The number of nitriles is 1. The standard InChI is InChI=1S/C17H17NO3/c1-13(19)15-5-3-7-17(11-15)21-9-8-20-16-6-2-4-14(10-16)12-18/h2-7,10-11,13,19H,8-9H2,1H3. The predicted octanol–water partition coefficient (Wildman–Crippen LogP) is 3.07. The Hall–Kier alpha value is -2.51. The summed E-state index contributed by atoms with van der Waals surface area (Å²) in [7, 11) is 0. The Kier molecular flexibility index (Phi) is 5.19. The van der Waals surface area contributed by atoms with Crippen LogP contribution in [-0.4, -0.2) is 18.3 Å². The van der Waals surface area contributed by atoms with Gasteiger partial charge in [0.15, 0.2) is 0 Å². The minimum absolute atomic E-state index is 0.383. The maximum atomic E-state index is 9.51. The molecule has 2 aromatic carbocycles. The van der Waals surface area contributed by atoms with Gasteiger partial charge in [-0.05, 0) is 42.8 Å². The lowest BCUT2D eigenvalue weighted by atomic mass is 10.1. The Morgan fingerprint density at radius 1 is 1.05 bits per heavy atom. The van der Waals surface area contributed by atoms with Gasteiger partial charge >= 0.3 is 0 Å². The molecule has 2 aromatic rings. The molecular formula is C17H17NO3. The second-order valence-electron chi connectivity index (χ2n) is 4.59. The number of rotatable bonds is 6. The summed E-state index contributed by atoms with van der Waals surface area (Å²) >= 11 is 0. The Balaban J connectivity index is 1.82. The molecule has 0 heterocycles. The monoisotopic (exact) mass is 283 g/mol. The van der Waals surface area contributed by atoms with Crippen molar-refractivity contribution in [2.24, 2.45) is 0 Å². The number of aliphatic hydroxyl groups is 1. The lowest BCUT2D eigenvalue weighted by Gasteiger charge is -2.10. The van der Waals surface area contributed by atoms with Crippen molar-refractivity contribution < 1.29 is 14.6 Å². The molecule has 0 spiro atoms. The van der Waals surface area contributed by atoms with Gasteiger partial charge in [-0.2, -0.15) is 5.26 Å². The van der Waals surface area contributed by atoms with Gasteiger partial charge in [0.2, 0.25) is 0 Å². The van der Waals surface area contributed by atoms with Crippen LogP contribution in [0.3, 0.4) is 0 Å². The highest BCUT2D eigenvalue weighted by atomic mass is 16.5. The van der Waals surface area contributed by atoms with Crippen LogP contribution in [0.5, 0.6) is 11.5 Å². The summed E-state index contributed by atoms with van der Waals surface area (Å²) in [6, 6.07) is 16.4. The summed E-state index contributed by atoms with van der Waals surface area (Å²) in [6.45, 7) is 2.48. The van der Waals surface area contributed by atoms with Crippen molar-refractivity contribution in [1.29, 1.82) is 5.26 Å². The summed E-state index contributed by atoms with van der Waals surface area (Å²) < 4.78 is 11.1. The van der Waals surface area contributed by atoms with Crippen LogP contribution in [0.2, 0.25) is 0 Å². The minimum atomic E-state index is -0.515. The van der Waals surface area contributed by atoms with Crippen molar-refractivity contribution in [3.63, 3.8) is 0 Å². The molecule has 0 saturated heterocycles. The molecular weight excluding hydrogens is 266 g/mol. The largest absolute Gasteiger partial charge is 0.490 e. The zero-order valence-corrected chi connectivity index (χ0v) is 11.8. The SMILES string of the molecule is CC(O)c1cccc(OCCOc2cccc(C#N)c2)c1. The smallest absolute Gasteiger partial charge is 0.122 e. The number of benzene rings is 2. The van der Waals surface area contributed by atoms with Gasteiger partial charge in [0, 0.05) is 0 Å². The molecule has 1 unspecified atom stereocenters. The number of ether oxygens (including phenoxy) is 2. The minimum Gasteiger partial charge on any atom is -0.490 e. The Bertz CT molecular complexity index is 632. The van der Waals surface area contributed by atoms with Gasteiger partial charge < -0.3 is 14.6 Å². The van der Waals surface area contributed by atoms with Crippen LogP contribution < -0.4 is 9.47 Å². The predicted molar refractivity (Wildman–Crippen MR) is 79.2 cm³/mol. The molecule has 0 aliphatic rings. The van der Waals surface area contributed by atoms with Crippen LogP contribution in [-0.2, 0) is 0 Å². The maximum absolute atomic E-state index is 9.51. The molecule has 0 radical (unpaired) electrons. The maximum Gasteiger partial charge on any atom is 0.122 e. The van der Waals surface area contributed by atoms with Crippen LogP contribution in [0.4, 0.5) is 0 Å². The zero-order valence-electron chi connectivity index (χ0n) is 11.8. The first-order valence-corrected chi connectivity index (χ1v) is 6.73. The molecule has 0 aliphatic carbocycles. The van der Waals surface area contributed by atoms with E-state index in [0.717, 1.165) is 5.56 Å². The Labute approximate surface area is 124 Å². The second-order valence-corrected chi connectivity index (χ2v) is 4.59. The number of aliphatic hydroxyl groups excluding tert-OH is 1. The lowest BCUT2D eigenvalue weighted by Crippen LogP contribution is -2.09. The molecule has 4 nitrogen and oxygen atoms in total. The Morgan fingerprint density at radius 2 is 1.67 bits per heavy atom. The zero-order chi connectivity index (χ0) is 15.1. The van der Waals surface area contributed by atoms with Crippen LogP contribution in [0, 0.1) is 11.3 Å². The van der Waals surface area contributed by atoms with Crippen molar-refractivity contribution in [1.82, 2.24) is 0 Å². The third-order valence-corrected chi connectivity index (χ3v) is 2.92. The van der Waals surface area contributed by atoms with E-state index in [9.17, 15) is 5.11 Å². The van der Waals surface area contributed by atoms with Crippen molar-refractivity contribution in [3.8, 4) is 17.6 Å². The molecule has 0 fully saturated rings. The van der Waals surface area contributed by atoms with Gasteiger partial charge in [0.1, 0.15) is 24.7 Å². The molecule has 0 aliphatic heterocycles. The second kappa shape index (κ2) is 7.32. The number of nitrogens with zero attached hydrogens (tertiary/aromatic N) is 1. The summed E-state index contributed by atoms with van der Waals surface area (Å²) in [6.07, 6.45) is -0.515. The lowest BCUT2D eigenvalue weighted by molar-refractivity contribution is 0.196. The fraction of sp³-hybridized carbons (Fsp3) is 0.235. The van der Waals surface area contributed by atoms with Gasteiger partial charge in [0.05, 0.1) is 17.7 Å². The summed E-state index contributed by atoms with van der Waals surface area (Å²) in [4.78, 5) is 0. The van der Waals surface area contributed by atoms with Crippen molar-refractivity contribution >= 4 is 0 Å². The van der Waals surface area contributed by atoms with E-state index in [1.807, 2.05) is 18.2 Å². The molecule has 1 N–H and O–H groups in total.